The Bertz CT molecular complexity index is 1090. The lowest BCUT2D eigenvalue weighted by Gasteiger charge is -2.09. The zero-order chi connectivity index (χ0) is 22.2. The highest BCUT2D eigenvalue weighted by atomic mass is 16.5. The van der Waals surface area contributed by atoms with Gasteiger partial charge in [-0.25, -0.2) is 4.79 Å². The molecule has 0 saturated carbocycles. The second-order valence-corrected chi connectivity index (χ2v) is 6.37. The first-order valence-electron chi connectivity index (χ1n) is 9.23. The predicted molar refractivity (Wildman–Crippen MR) is 114 cm³/mol. The zero-order valence-electron chi connectivity index (χ0n) is 16.5. The van der Waals surface area contributed by atoms with Crippen LogP contribution in [0.25, 0.3) is 0 Å². The van der Waals surface area contributed by atoms with Crippen LogP contribution in [-0.4, -0.2) is 30.8 Å². The number of benzene rings is 3. The smallest absolute Gasteiger partial charge is 0.337 e. The van der Waals surface area contributed by atoms with Crippen molar-refractivity contribution in [3.05, 3.63) is 101 Å². The molecular formula is C23H19N3O5. The minimum atomic E-state index is -0.545. The lowest BCUT2D eigenvalue weighted by Crippen LogP contribution is -2.41. The van der Waals surface area contributed by atoms with Crippen LogP contribution in [0, 0.1) is 0 Å². The van der Waals surface area contributed by atoms with Crippen LogP contribution < -0.4 is 16.2 Å². The van der Waals surface area contributed by atoms with E-state index in [0.717, 1.165) is 0 Å². The number of carbonyl (C=O) groups excluding carboxylic acids is 4. The number of methoxy groups -OCH3 is 1. The number of hydrazine groups is 1. The summed E-state index contributed by atoms with van der Waals surface area (Å²) in [7, 11) is 1.27. The van der Waals surface area contributed by atoms with Gasteiger partial charge in [0.25, 0.3) is 17.7 Å². The number of carbonyl (C=O) groups is 4. The molecule has 0 unspecified atom stereocenters. The van der Waals surface area contributed by atoms with Gasteiger partial charge in [-0.05, 0) is 60.7 Å². The second kappa shape index (κ2) is 9.84. The molecule has 156 valence electrons. The van der Waals surface area contributed by atoms with Crippen LogP contribution in [-0.2, 0) is 4.74 Å². The summed E-state index contributed by atoms with van der Waals surface area (Å²) in [5, 5.41) is 2.74. The van der Waals surface area contributed by atoms with Gasteiger partial charge >= 0.3 is 5.97 Å². The van der Waals surface area contributed by atoms with Crippen LogP contribution in [0.1, 0.15) is 41.4 Å². The number of rotatable bonds is 5. The summed E-state index contributed by atoms with van der Waals surface area (Å²) in [6.45, 7) is 0. The third-order valence-corrected chi connectivity index (χ3v) is 4.30. The summed E-state index contributed by atoms with van der Waals surface area (Å²) < 4.78 is 4.60. The van der Waals surface area contributed by atoms with E-state index in [4.69, 9.17) is 0 Å². The van der Waals surface area contributed by atoms with E-state index >= 15 is 0 Å². The normalized spacial score (nSPS) is 9.97. The van der Waals surface area contributed by atoms with E-state index in [9.17, 15) is 19.2 Å². The molecule has 0 bridgehead atoms. The summed E-state index contributed by atoms with van der Waals surface area (Å²) in [5.74, 6) is -1.84. The Morgan fingerprint density at radius 3 is 1.55 bits per heavy atom. The fraction of sp³-hybridized carbons (Fsp3) is 0.0435. The first kappa shape index (κ1) is 21.3. The van der Waals surface area contributed by atoms with E-state index in [0.29, 0.717) is 22.4 Å². The number of hydrogen-bond acceptors (Lipinski definition) is 5. The number of hydrogen-bond donors (Lipinski definition) is 3. The molecule has 0 aromatic heterocycles. The molecule has 8 heteroatoms. The van der Waals surface area contributed by atoms with Crippen LogP contribution in [0.15, 0.2) is 78.9 Å². The number of amides is 3. The highest BCUT2D eigenvalue weighted by molar-refractivity contribution is 6.04. The molecule has 3 aromatic carbocycles. The molecule has 0 aliphatic heterocycles. The molecule has 31 heavy (non-hydrogen) atoms. The van der Waals surface area contributed by atoms with Gasteiger partial charge in [0.15, 0.2) is 0 Å². The molecule has 0 heterocycles. The third-order valence-electron chi connectivity index (χ3n) is 4.30. The molecule has 0 radical (unpaired) electrons. The Labute approximate surface area is 178 Å². The van der Waals surface area contributed by atoms with Crippen molar-refractivity contribution in [1.29, 1.82) is 0 Å². The molecule has 3 amide bonds. The Morgan fingerprint density at radius 2 is 1.03 bits per heavy atom. The summed E-state index contributed by atoms with van der Waals surface area (Å²) in [5.41, 5.74) is 6.52. The van der Waals surface area contributed by atoms with Gasteiger partial charge < -0.3 is 10.1 Å². The van der Waals surface area contributed by atoms with Crippen molar-refractivity contribution in [2.75, 3.05) is 12.4 Å². The Kier molecular flexibility index (Phi) is 6.74. The van der Waals surface area contributed by atoms with Crippen molar-refractivity contribution >= 4 is 29.4 Å². The predicted octanol–water partition coefficient (Wildman–Crippen LogP) is 2.80. The SMILES string of the molecule is COC(=O)c1ccc(C(=O)NNC(=O)c2ccc(NC(=O)c3ccccc3)cc2)cc1. The zero-order valence-corrected chi connectivity index (χ0v) is 16.5. The van der Waals surface area contributed by atoms with Gasteiger partial charge in [0.1, 0.15) is 0 Å². The minimum Gasteiger partial charge on any atom is -0.465 e. The molecule has 0 atom stereocenters. The van der Waals surface area contributed by atoms with Crippen LogP contribution in [0.4, 0.5) is 5.69 Å². The van der Waals surface area contributed by atoms with E-state index < -0.39 is 17.8 Å². The van der Waals surface area contributed by atoms with Crippen molar-refractivity contribution in [1.82, 2.24) is 10.9 Å². The molecule has 0 aliphatic rings. The maximum Gasteiger partial charge on any atom is 0.337 e. The standard InChI is InChI=1S/C23H19N3O5/c1-31-23(30)18-9-7-16(8-10-18)21(28)25-26-22(29)17-11-13-19(14-12-17)24-20(27)15-5-3-2-4-6-15/h2-14H,1H3,(H,24,27)(H,25,28)(H,26,29). The van der Waals surface area contributed by atoms with Gasteiger partial charge in [-0.2, -0.15) is 0 Å². The van der Waals surface area contributed by atoms with Gasteiger partial charge in [-0.15, -0.1) is 0 Å². The molecule has 0 saturated heterocycles. The molecular weight excluding hydrogens is 398 g/mol. The van der Waals surface area contributed by atoms with Crippen molar-refractivity contribution in [3.63, 3.8) is 0 Å². The minimum absolute atomic E-state index is 0.256. The Morgan fingerprint density at radius 1 is 0.581 bits per heavy atom. The van der Waals surface area contributed by atoms with Crippen molar-refractivity contribution in [2.45, 2.75) is 0 Å². The number of esters is 1. The highest BCUT2D eigenvalue weighted by Crippen LogP contribution is 2.12. The van der Waals surface area contributed by atoms with Crippen LogP contribution in [0.5, 0.6) is 0 Å². The lowest BCUT2D eigenvalue weighted by atomic mass is 10.1. The molecule has 3 N–H and O–H groups in total. The second-order valence-electron chi connectivity index (χ2n) is 6.37. The lowest BCUT2D eigenvalue weighted by molar-refractivity contribution is 0.0600. The maximum atomic E-state index is 12.2. The fourth-order valence-electron chi connectivity index (χ4n) is 2.63. The van der Waals surface area contributed by atoms with Gasteiger partial charge in [0.05, 0.1) is 12.7 Å². The van der Waals surface area contributed by atoms with Gasteiger partial charge in [0, 0.05) is 22.4 Å². The number of anilines is 1. The average Bonchev–Trinajstić information content (AvgIpc) is 2.82. The third kappa shape index (κ3) is 5.54. The van der Waals surface area contributed by atoms with Gasteiger partial charge in [0.2, 0.25) is 0 Å². The molecule has 8 nitrogen and oxygen atoms in total. The molecule has 0 aliphatic carbocycles. The topological polar surface area (TPSA) is 114 Å². The maximum absolute atomic E-state index is 12.2. The summed E-state index contributed by atoms with van der Waals surface area (Å²) >= 11 is 0. The fourth-order valence-corrected chi connectivity index (χ4v) is 2.63. The van der Waals surface area contributed by atoms with E-state index in [1.807, 2.05) is 6.07 Å². The van der Waals surface area contributed by atoms with Crippen molar-refractivity contribution < 1.29 is 23.9 Å². The summed E-state index contributed by atoms with van der Waals surface area (Å²) in [6, 6.07) is 20.7. The van der Waals surface area contributed by atoms with Crippen molar-refractivity contribution in [2.24, 2.45) is 0 Å². The number of ether oxygens (including phenoxy) is 1. The highest BCUT2D eigenvalue weighted by Gasteiger charge is 2.11. The summed E-state index contributed by atoms with van der Waals surface area (Å²) in [6.07, 6.45) is 0. The molecule has 0 fully saturated rings. The quantitative estimate of drug-likeness (QED) is 0.436. The van der Waals surface area contributed by atoms with E-state index in [1.54, 1.807) is 36.4 Å². The molecule has 3 aromatic rings. The average molecular weight is 417 g/mol. The van der Waals surface area contributed by atoms with Crippen LogP contribution in [0.2, 0.25) is 0 Å². The Balaban J connectivity index is 1.54. The van der Waals surface area contributed by atoms with Crippen LogP contribution in [0.3, 0.4) is 0 Å². The Hall–Kier alpha value is -4.46. The van der Waals surface area contributed by atoms with E-state index in [1.165, 1.54) is 43.5 Å². The van der Waals surface area contributed by atoms with Gasteiger partial charge in [-0.1, -0.05) is 18.2 Å². The van der Waals surface area contributed by atoms with Gasteiger partial charge in [-0.3, -0.25) is 25.2 Å². The first-order chi connectivity index (χ1) is 15.0. The van der Waals surface area contributed by atoms with Crippen molar-refractivity contribution in [3.8, 4) is 0 Å². The van der Waals surface area contributed by atoms with E-state index in [-0.39, 0.29) is 11.5 Å². The van der Waals surface area contributed by atoms with Crippen LogP contribution >= 0.6 is 0 Å². The summed E-state index contributed by atoms with van der Waals surface area (Å²) in [4.78, 5) is 48.0. The number of nitrogens with one attached hydrogen (secondary N) is 3. The molecule has 0 spiro atoms. The molecule has 3 rings (SSSR count). The van der Waals surface area contributed by atoms with E-state index in [2.05, 4.69) is 20.9 Å². The first-order valence-corrected chi connectivity index (χ1v) is 9.23. The monoisotopic (exact) mass is 417 g/mol. The largest absolute Gasteiger partial charge is 0.465 e.